The fraction of sp³-hybridized carbons (Fsp3) is 0.348. The number of nitrogens with zero attached hydrogens (tertiary/aromatic N) is 1. The number of halogens is 1. The van der Waals surface area contributed by atoms with E-state index < -0.39 is 38.1 Å². The molecule has 0 unspecified atom stereocenters. The average Bonchev–Trinajstić information content (AvgIpc) is 3.16. The quantitative estimate of drug-likeness (QED) is 0.360. The average molecular weight is 527 g/mol. The van der Waals surface area contributed by atoms with E-state index in [4.69, 9.17) is 16.7 Å². The maximum Gasteiger partial charge on any atom is 0.303 e. The van der Waals surface area contributed by atoms with E-state index in [2.05, 4.69) is 4.72 Å². The van der Waals surface area contributed by atoms with E-state index in [1.807, 2.05) is 6.92 Å². The molecule has 2 atom stereocenters. The Bertz CT molecular complexity index is 1240. The van der Waals surface area contributed by atoms with Crippen molar-refractivity contribution in [3.8, 4) is 0 Å². The number of hydrogen-bond acceptors (Lipinski definition) is 5. The molecular formula is C23H27ClN2O6S2. The molecule has 2 aromatic carbocycles. The van der Waals surface area contributed by atoms with Crippen LogP contribution in [-0.4, -0.2) is 50.8 Å². The highest BCUT2D eigenvalue weighted by molar-refractivity contribution is 7.89. The van der Waals surface area contributed by atoms with Crippen molar-refractivity contribution in [2.75, 3.05) is 6.54 Å². The predicted molar refractivity (Wildman–Crippen MR) is 130 cm³/mol. The Morgan fingerprint density at radius 1 is 1.09 bits per heavy atom. The first kappa shape index (κ1) is 26.4. The van der Waals surface area contributed by atoms with Crippen LogP contribution in [0.25, 0.3) is 0 Å². The fourth-order valence-electron chi connectivity index (χ4n) is 3.74. The highest BCUT2D eigenvalue weighted by atomic mass is 35.5. The van der Waals surface area contributed by atoms with E-state index in [-0.39, 0.29) is 29.2 Å². The Morgan fingerprint density at radius 3 is 2.32 bits per heavy atom. The Morgan fingerprint density at radius 2 is 1.71 bits per heavy atom. The van der Waals surface area contributed by atoms with E-state index >= 15 is 0 Å². The Balaban J connectivity index is 1.82. The van der Waals surface area contributed by atoms with Crippen molar-refractivity contribution >= 4 is 37.6 Å². The summed E-state index contributed by atoms with van der Waals surface area (Å²) in [5, 5.41) is 9.19. The summed E-state index contributed by atoms with van der Waals surface area (Å²) in [5.74, 6) is -0.896. The molecule has 0 saturated carbocycles. The third-order valence-electron chi connectivity index (χ3n) is 5.49. The van der Waals surface area contributed by atoms with Crippen LogP contribution in [0.4, 0.5) is 0 Å². The molecule has 0 bridgehead atoms. The van der Waals surface area contributed by atoms with Gasteiger partial charge in [-0.1, -0.05) is 41.4 Å². The summed E-state index contributed by atoms with van der Waals surface area (Å²) < 4.78 is 56.3. The van der Waals surface area contributed by atoms with Crippen molar-refractivity contribution in [1.82, 2.24) is 9.03 Å². The number of rotatable bonds is 10. The van der Waals surface area contributed by atoms with Crippen molar-refractivity contribution in [2.24, 2.45) is 0 Å². The summed E-state index contributed by atoms with van der Waals surface area (Å²) in [7, 11) is -7.77. The highest BCUT2D eigenvalue weighted by Crippen LogP contribution is 2.29. The first-order valence-corrected chi connectivity index (χ1v) is 14.0. The molecule has 0 aliphatic carbocycles. The second-order valence-electron chi connectivity index (χ2n) is 8.18. The third kappa shape index (κ3) is 6.67. The van der Waals surface area contributed by atoms with E-state index in [9.17, 15) is 21.6 Å². The van der Waals surface area contributed by atoms with Crippen molar-refractivity contribution in [1.29, 1.82) is 0 Å². The summed E-state index contributed by atoms with van der Waals surface area (Å²) in [4.78, 5) is 10.9. The number of benzene rings is 2. The van der Waals surface area contributed by atoms with Gasteiger partial charge < -0.3 is 5.11 Å². The van der Waals surface area contributed by atoms with Gasteiger partial charge >= 0.3 is 5.97 Å². The molecule has 8 nitrogen and oxygen atoms in total. The summed E-state index contributed by atoms with van der Waals surface area (Å²) in [6.45, 7) is 1.81. The van der Waals surface area contributed by atoms with Gasteiger partial charge in [0.1, 0.15) is 0 Å². The van der Waals surface area contributed by atoms with Gasteiger partial charge in [0.2, 0.25) is 20.0 Å². The van der Waals surface area contributed by atoms with E-state index in [0.29, 0.717) is 17.9 Å². The third-order valence-corrected chi connectivity index (χ3v) is 9.18. The summed E-state index contributed by atoms with van der Waals surface area (Å²) in [6.07, 6.45) is 4.60. The van der Waals surface area contributed by atoms with Gasteiger partial charge in [-0.25, -0.2) is 21.6 Å². The van der Waals surface area contributed by atoms with Crippen LogP contribution in [0.2, 0.25) is 5.02 Å². The van der Waals surface area contributed by atoms with Crippen LogP contribution in [0.5, 0.6) is 0 Å². The highest BCUT2D eigenvalue weighted by Gasteiger charge is 2.40. The molecule has 0 radical (unpaired) electrons. The monoisotopic (exact) mass is 526 g/mol. The van der Waals surface area contributed by atoms with Crippen LogP contribution in [0, 0.1) is 6.92 Å². The van der Waals surface area contributed by atoms with Crippen molar-refractivity contribution in [3.63, 3.8) is 0 Å². The molecule has 1 aliphatic rings. The molecule has 0 aromatic heterocycles. The minimum Gasteiger partial charge on any atom is -0.481 e. The molecule has 1 saturated heterocycles. The lowest BCUT2D eigenvalue weighted by atomic mass is 10.1. The SMILES string of the molecule is Cc1ccc(S(=O)(=O)N[C@@H]2C[C@@H](C=CCCCC(=O)O)N(S(=O)(=O)c3ccc(Cl)cc3)C2)cc1. The van der Waals surface area contributed by atoms with E-state index in [1.54, 1.807) is 24.3 Å². The minimum atomic E-state index is -3.93. The number of hydrogen-bond donors (Lipinski definition) is 2. The number of carboxylic acid groups (broad SMARTS) is 1. The largest absolute Gasteiger partial charge is 0.481 e. The lowest BCUT2D eigenvalue weighted by molar-refractivity contribution is -0.137. The van der Waals surface area contributed by atoms with Gasteiger partial charge in [-0.15, -0.1) is 0 Å². The molecular weight excluding hydrogens is 500 g/mol. The van der Waals surface area contributed by atoms with Gasteiger partial charge in [0, 0.05) is 30.1 Å². The maximum absolute atomic E-state index is 13.3. The zero-order valence-electron chi connectivity index (χ0n) is 18.6. The molecule has 1 heterocycles. The predicted octanol–water partition coefficient (Wildman–Crippen LogP) is 3.57. The zero-order chi connectivity index (χ0) is 24.9. The Labute approximate surface area is 205 Å². The van der Waals surface area contributed by atoms with Crippen LogP contribution in [0.3, 0.4) is 0 Å². The summed E-state index contributed by atoms with van der Waals surface area (Å²) >= 11 is 5.90. The maximum atomic E-state index is 13.3. The zero-order valence-corrected chi connectivity index (χ0v) is 21.0. The van der Waals surface area contributed by atoms with Crippen molar-refractivity contribution < 1.29 is 26.7 Å². The number of carboxylic acids is 1. The first-order chi connectivity index (χ1) is 16.0. The van der Waals surface area contributed by atoms with E-state index in [1.165, 1.54) is 40.7 Å². The van der Waals surface area contributed by atoms with Crippen LogP contribution in [-0.2, 0) is 24.8 Å². The summed E-state index contributed by atoms with van der Waals surface area (Å²) in [5.41, 5.74) is 0.924. The molecule has 1 aliphatic heterocycles. The van der Waals surface area contributed by atoms with Crippen LogP contribution in [0.1, 0.15) is 31.2 Å². The number of nitrogens with one attached hydrogen (secondary N) is 1. The number of carbonyl (C=O) groups is 1. The molecule has 0 spiro atoms. The fourth-order valence-corrected chi connectivity index (χ4v) is 6.75. The first-order valence-electron chi connectivity index (χ1n) is 10.7. The van der Waals surface area contributed by atoms with Crippen LogP contribution < -0.4 is 4.72 Å². The van der Waals surface area contributed by atoms with Gasteiger partial charge in [0.15, 0.2) is 0 Å². The lowest BCUT2D eigenvalue weighted by Crippen LogP contribution is -2.39. The number of aryl methyl sites for hydroxylation is 1. The molecule has 184 valence electrons. The second-order valence-corrected chi connectivity index (χ2v) is 12.2. The molecule has 1 fully saturated rings. The molecule has 2 N–H and O–H groups in total. The molecule has 3 rings (SSSR count). The van der Waals surface area contributed by atoms with Crippen molar-refractivity contribution in [3.05, 3.63) is 71.3 Å². The number of allylic oxidation sites excluding steroid dienone is 1. The van der Waals surface area contributed by atoms with Gasteiger partial charge in [0.25, 0.3) is 0 Å². The van der Waals surface area contributed by atoms with Gasteiger partial charge in [-0.3, -0.25) is 4.79 Å². The molecule has 0 amide bonds. The number of aliphatic carboxylic acids is 1. The van der Waals surface area contributed by atoms with Gasteiger partial charge in [-0.05, 0) is 62.6 Å². The normalized spacial score (nSPS) is 19.6. The summed E-state index contributed by atoms with van der Waals surface area (Å²) in [6, 6.07) is 11.0. The number of unbranched alkanes of at least 4 members (excludes halogenated alkanes) is 1. The Kier molecular flexibility index (Phi) is 8.53. The van der Waals surface area contributed by atoms with Crippen LogP contribution >= 0.6 is 11.6 Å². The van der Waals surface area contributed by atoms with Crippen LogP contribution in [0.15, 0.2) is 70.5 Å². The van der Waals surface area contributed by atoms with Gasteiger partial charge in [-0.2, -0.15) is 4.31 Å². The Hall–Kier alpha value is -2.24. The smallest absolute Gasteiger partial charge is 0.303 e. The second kappa shape index (κ2) is 11.0. The standard InChI is InChI=1S/C23H27ClN2O6S2/c1-17-7-11-21(12-8-17)33(29,30)25-19-15-20(5-3-2-4-6-23(27)28)26(16-19)34(31,32)22-13-9-18(24)10-14-22/h3,5,7-14,19-20,25H,2,4,6,15-16H2,1H3,(H,27,28)/t19-,20-/m1/s1. The number of sulfonamides is 2. The van der Waals surface area contributed by atoms with Gasteiger partial charge in [0.05, 0.1) is 9.79 Å². The van der Waals surface area contributed by atoms with Crippen molar-refractivity contribution in [2.45, 2.75) is 54.5 Å². The molecule has 11 heteroatoms. The molecule has 2 aromatic rings. The minimum absolute atomic E-state index is 0.0147. The molecule has 34 heavy (non-hydrogen) atoms. The lowest BCUT2D eigenvalue weighted by Gasteiger charge is -2.22. The topological polar surface area (TPSA) is 121 Å². The van der Waals surface area contributed by atoms with E-state index in [0.717, 1.165) is 5.56 Å².